The Bertz CT molecular complexity index is 839. The highest BCUT2D eigenvalue weighted by Gasteiger charge is 2.12. The molecular weight excluding hydrogens is 394 g/mol. The highest BCUT2D eigenvalue weighted by molar-refractivity contribution is 9.10. The third-order valence-corrected chi connectivity index (χ3v) is 6.26. The molecule has 0 unspecified atom stereocenters. The topological polar surface area (TPSA) is 12.5 Å². The highest BCUT2D eigenvalue weighted by Crippen LogP contribution is 2.36. The van der Waals surface area contributed by atoms with Gasteiger partial charge in [0, 0.05) is 20.1 Å². The van der Waals surface area contributed by atoms with E-state index in [-0.39, 0.29) is 0 Å². The predicted octanol–water partition coefficient (Wildman–Crippen LogP) is 6.20. The van der Waals surface area contributed by atoms with E-state index in [0.717, 1.165) is 23.2 Å². The van der Waals surface area contributed by atoms with Crippen molar-refractivity contribution < 1.29 is 4.74 Å². The zero-order chi connectivity index (χ0) is 17.1. The Labute approximate surface area is 161 Å². The SMILES string of the molecule is Brc1ccc(-c2csc3cc(OCCCCN4CCC4)ccc23)cc1. The van der Waals surface area contributed by atoms with Crippen molar-refractivity contribution in [2.75, 3.05) is 26.2 Å². The monoisotopic (exact) mass is 415 g/mol. The summed E-state index contributed by atoms with van der Waals surface area (Å²) in [6.07, 6.45) is 3.73. The van der Waals surface area contributed by atoms with Crippen LogP contribution in [0.25, 0.3) is 21.2 Å². The van der Waals surface area contributed by atoms with Crippen molar-refractivity contribution >= 4 is 37.4 Å². The van der Waals surface area contributed by atoms with Gasteiger partial charge in [-0.2, -0.15) is 0 Å². The average Bonchev–Trinajstić information content (AvgIpc) is 3.00. The standard InChI is InChI=1S/C21H22BrNOS/c22-17-6-4-16(5-7-17)20-15-25-21-14-18(8-9-19(20)21)24-13-2-1-10-23-11-3-12-23/h4-9,14-15H,1-3,10-13H2. The molecule has 0 N–H and O–H groups in total. The van der Waals surface area contributed by atoms with Crippen molar-refractivity contribution in [3.63, 3.8) is 0 Å². The number of nitrogens with zero attached hydrogens (tertiary/aromatic N) is 1. The maximum absolute atomic E-state index is 5.96. The molecule has 2 aromatic carbocycles. The van der Waals surface area contributed by atoms with Crippen molar-refractivity contribution in [2.24, 2.45) is 0 Å². The first-order valence-corrected chi connectivity index (χ1v) is 10.6. The Kier molecular flexibility index (Phi) is 5.39. The van der Waals surface area contributed by atoms with E-state index in [2.05, 4.69) is 68.7 Å². The maximum atomic E-state index is 5.96. The van der Waals surface area contributed by atoms with Crippen LogP contribution in [0.15, 0.2) is 52.3 Å². The Morgan fingerprint density at radius 2 is 1.88 bits per heavy atom. The molecule has 0 radical (unpaired) electrons. The predicted molar refractivity (Wildman–Crippen MR) is 111 cm³/mol. The van der Waals surface area contributed by atoms with Gasteiger partial charge in [-0.25, -0.2) is 0 Å². The third kappa shape index (κ3) is 4.08. The van der Waals surface area contributed by atoms with Gasteiger partial charge in [-0.05, 0) is 80.2 Å². The fourth-order valence-corrected chi connectivity index (χ4v) is 4.45. The van der Waals surface area contributed by atoms with Gasteiger partial charge >= 0.3 is 0 Å². The number of rotatable bonds is 7. The number of thiophene rings is 1. The van der Waals surface area contributed by atoms with Crippen LogP contribution >= 0.6 is 27.3 Å². The van der Waals surface area contributed by atoms with Gasteiger partial charge in [-0.1, -0.05) is 28.1 Å². The normalized spacial score (nSPS) is 14.6. The molecule has 1 saturated heterocycles. The van der Waals surface area contributed by atoms with Gasteiger partial charge < -0.3 is 9.64 Å². The first kappa shape index (κ1) is 17.1. The summed E-state index contributed by atoms with van der Waals surface area (Å²) in [4.78, 5) is 2.52. The molecule has 0 saturated carbocycles. The van der Waals surface area contributed by atoms with Crippen LogP contribution in [0.3, 0.4) is 0 Å². The molecule has 0 spiro atoms. The molecule has 0 atom stereocenters. The second-order valence-electron chi connectivity index (χ2n) is 6.56. The van der Waals surface area contributed by atoms with E-state index in [9.17, 15) is 0 Å². The molecule has 0 bridgehead atoms. The minimum atomic E-state index is 0.810. The van der Waals surface area contributed by atoms with Crippen molar-refractivity contribution in [1.29, 1.82) is 0 Å². The summed E-state index contributed by atoms with van der Waals surface area (Å²) in [6.45, 7) is 4.61. The molecule has 0 amide bonds. The van der Waals surface area contributed by atoms with Crippen LogP contribution in [0.4, 0.5) is 0 Å². The third-order valence-electron chi connectivity index (χ3n) is 4.79. The van der Waals surface area contributed by atoms with Gasteiger partial charge in [-0.3, -0.25) is 0 Å². The molecule has 1 aromatic heterocycles. The van der Waals surface area contributed by atoms with E-state index in [1.807, 2.05) is 0 Å². The summed E-state index contributed by atoms with van der Waals surface area (Å²) in [6, 6.07) is 15.0. The molecule has 4 rings (SSSR count). The van der Waals surface area contributed by atoms with Crippen LogP contribution in [-0.4, -0.2) is 31.1 Å². The quantitative estimate of drug-likeness (QED) is 0.426. The molecule has 1 aliphatic rings. The van der Waals surface area contributed by atoms with Crippen molar-refractivity contribution in [3.8, 4) is 16.9 Å². The van der Waals surface area contributed by atoms with E-state index in [0.29, 0.717) is 0 Å². The Morgan fingerprint density at radius 3 is 2.64 bits per heavy atom. The summed E-state index contributed by atoms with van der Waals surface area (Å²) in [5.41, 5.74) is 2.56. The Morgan fingerprint density at radius 1 is 1.04 bits per heavy atom. The lowest BCUT2D eigenvalue weighted by Crippen LogP contribution is -2.37. The highest BCUT2D eigenvalue weighted by atomic mass is 79.9. The van der Waals surface area contributed by atoms with Gasteiger partial charge in [0.25, 0.3) is 0 Å². The first-order chi connectivity index (χ1) is 12.3. The summed E-state index contributed by atoms with van der Waals surface area (Å²) in [7, 11) is 0. The van der Waals surface area contributed by atoms with Gasteiger partial charge in [-0.15, -0.1) is 11.3 Å². The van der Waals surface area contributed by atoms with Crippen molar-refractivity contribution in [2.45, 2.75) is 19.3 Å². The molecule has 0 aliphatic carbocycles. The number of ether oxygens (including phenoxy) is 1. The lowest BCUT2D eigenvalue weighted by atomic mass is 10.1. The van der Waals surface area contributed by atoms with Crippen LogP contribution in [0, 0.1) is 0 Å². The number of hydrogen-bond acceptors (Lipinski definition) is 3. The fraction of sp³-hybridized carbons (Fsp3) is 0.333. The molecule has 4 heteroatoms. The van der Waals surface area contributed by atoms with Crippen LogP contribution in [0.1, 0.15) is 19.3 Å². The Balaban J connectivity index is 1.38. The largest absolute Gasteiger partial charge is 0.494 e. The molecule has 2 nitrogen and oxygen atoms in total. The summed E-state index contributed by atoms with van der Waals surface area (Å²) in [5.74, 6) is 0.987. The molecular formula is C21H22BrNOS. The number of hydrogen-bond donors (Lipinski definition) is 0. The first-order valence-electron chi connectivity index (χ1n) is 8.92. The Hall–Kier alpha value is -1.36. The van der Waals surface area contributed by atoms with E-state index in [1.165, 1.54) is 53.7 Å². The number of halogens is 1. The lowest BCUT2D eigenvalue weighted by molar-refractivity contribution is 0.173. The summed E-state index contributed by atoms with van der Waals surface area (Å²) in [5, 5.41) is 3.54. The number of likely N-dealkylation sites (tertiary alicyclic amines) is 1. The maximum Gasteiger partial charge on any atom is 0.120 e. The van der Waals surface area contributed by atoms with Gasteiger partial charge in [0.15, 0.2) is 0 Å². The fourth-order valence-electron chi connectivity index (χ4n) is 3.18. The summed E-state index contributed by atoms with van der Waals surface area (Å²) >= 11 is 5.29. The summed E-state index contributed by atoms with van der Waals surface area (Å²) < 4.78 is 8.36. The zero-order valence-electron chi connectivity index (χ0n) is 14.2. The number of fused-ring (bicyclic) bond motifs is 1. The second kappa shape index (κ2) is 7.90. The average molecular weight is 416 g/mol. The van der Waals surface area contributed by atoms with E-state index < -0.39 is 0 Å². The molecule has 1 aliphatic heterocycles. The lowest BCUT2D eigenvalue weighted by Gasteiger charge is -2.30. The van der Waals surface area contributed by atoms with Crippen molar-refractivity contribution in [1.82, 2.24) is 4.90 Å². The van der Waals surface area contributed by atoms with Crippen molar-refractivity contribution in [3.05, 3.63) is 52.3 Å². The minimum Gasteiger partial charge on any atom is -0.494 e. The van der Waals surface area contributed by atoms with Gasteiger partial charge in [0.05, 0.1) is 6.61 Å². The number of benzene rings is 2. The van der Waals surface area contributed by atoms with E-state index in [4.69, 9.17) is 4.74 Å². The van der Waals surface area contributed by atoms with Crippen LogP contribution in [-0.2, 0) is 0 Å². The van der Waals surface area contributed by atoms with Crippen LogP contribution in [0.5, 0.6) is 5.75 Å². The smallest absolute Gasteiger partial charge is 0.120 e. The molecule has 1 fully saturated rings. The number of unbranched alkanes of at least 4 members (excludes halogenated alkanes) is 1. The van der Waals surface area contributed by atoms with Crippen LogP contribution in [0.2, 0.25) is 0 Å². The second-order valence-corrected chi connectivity index (χ2v) is 8.39. The zero-order valence-corrected chi connectivity index (χ0v) is 16.6. The van der Waals surface area contributed by atoms with Crippen LogP contribution < -0.4 is 4.74 Å². The van der Waals surface area contributed by atoms with E-state index >= 15 is 0 Å². The van der Waals surface area contributed by atoms with Gasteiger partial charge in [0.2, 0.25) is 0 Å². The minimum absolute atomic E-state index is 0.810. The van der Waals surface area contributed by atoms with E-state index in [1.54, 1.807) is 11.3 Å². The molecule has 130 valence electrons. The molecule has 2 heterocycles. The molecule has 3 aromatic rings. The molecule has 25 heavy (non-hydrogen) atoms. The van der Waals surface area contributed by atoms with Gasteiger partial charge in [0.1, 0.15) is 5.75 Å².